The normalized spacial score (nSPS) is 11.7. The lowest BCUT2D eigenvalue weighted by Crippen LogP contribution is -2.27. The molecule has 0 radical (unpaired) electrons. The number of methoxy groups -OCH3 is 3. The van der Waals surface area contributed by atoms with Crippen LogP contribution in [0.1, 0.15) is 31.4 Å². The smallest absolute Gasteiger partial charge is 0.220 e. The van der Waals surface area contributed by atoms with Gasteiger partial charge in [-0.2, -0.15) is 0 Å². The molecule has 6 heteroatoms. The second-order valence-corrected chi connectivity index (χ2v) is 4.95. The van der Waals surface area contributed by atoms with Crippen molar-refractivity contribution < 1.29 is 19.0 Å². The first-order chi connectivity index (χ1) is 10.6. The van der Waals surface area contributed by atoms with E-state index in [2.05, 4.69) is 10.6 Å². The van der Waals surface area contributed by atoms with Crippen LogP contribution in [0.2, 0.25) is 0 Å². The molecule has 0 aliphatic rings. The van der Waals surface area contributed by atoms with Crippen LogP contribution < -0.4 is 24.8 Å². The number of carbonyl (C=O) groups is 1. The van der Waals surface area contributed by atoms with Crippen molar-refractivity contribution in [3.63, 3.8) is 0 Å². The van der Waals surface area contributed by atoms with Crippen LogP contribution in [-0.2, 0) is 4.79 Å². The monoisotopic (exact) mass is 310 g/mol. The number of benzene rings is 1. The SMILES string of the molecule is CNCCCC(=O)NC(C)c1cc(OC)c(OC)c(OC)c1. The predicted molar refractivity (Wildman–Crippen MR) is 85.8 cm³/mol. The van der Waals surface area contributed by atoms with Crippen molar-refractivity contribution in [1.29, 1.82) is 0 Å². The van der Waals surface area contributed by atoms with Gasteiger partial charge in [0.15, 0.2) is 11.5 Å². The van der Waals surface area contributed by atoms with E-state index in [9.17, 15) is 4.79 Å². The zero-order valence-electron chi connectivity index (χ0n) is 14.0. The highest BCUT2D eigenvalue weighted by molar-refractivity contribution is 5.76. The van der Waals surface area contributed by atoms with E-state index in [1.165, 1.54) is 0 Å². The topological polar surface area (TPSA) is 68.8 Å². The van der Waals surface area contributed by atoms with Gasteiger partial charge in [-0.05, 0) is 44.6 Å². The third-order valence-corrected chi connectivity index (χ3v) is 3.40. The second kappa shape index (κ2) is 9.15. The summed E-state index contributed by atoms with van der Waals surface area (Å²) in [6.45, 7) is 2.75. The molecule has 1 amide bonds. The third kappa shape index (κ3) is 4.80. The quantitative estimate of drug-likeness (QED) is 0.682. The zero-order chi connectivity index (χ0) is 16.5. The van der Waals surface area contributed by atoms with E-state index >= 15 is 0 Å². The largest absolute Gasteiger partial charge is 0.493 e. The Kier molecular flexibility index (Phi) is 7.52. The van der Waals surface area contributed by atoms with Crippen molar-refractivity contribution in [2.45, 2.75) is 25.8 Å². The maximum absolute atomic E-state index is 11.9. The van der Waals surface area contributed by atoms with E-state index in [0.717, 1.165) is 18.5 Å². The fourth-order valence-electron chi connectivity index (χ4n) is 2.17. The van der Waals surface area contributed by atoms with E-state index in [1.807, 2.05) is 26.1 Å². The molecule has 124 valence electrons. The molecule has 0 spiro atoms. The Morgan fingerprint density at radius 2 is 1.73 bits per heavy atom. The van der Waals surface area contributed by atoms with Gasteiger partial charge >= 0.3 is 0 Å². The van der Waals surface area contributed by atoms with Gasteiger partial charge in [-0.25, -0.2) is 0 Å². The Balaban J connectivity index is 2.84. The first kappa shape index (κ1) is 18.1. The molecule has 1 aromatic carbocycles. The van der Waals surface area contributed by atoms with Gasteiger partial charge in [0.2, 0.25) is 11.7 Å². The Labute approximate surface area is 132 Å². The number of carbonyl (C=O) groups excluding carboxylic acids is 1. The van der Waals surface area contributed by atoms with Crippen molar-refractivity contribution in [2.24, 2.45) is 0 Å². The molecule has 1 rings (SSSR count). The molecule has 0 saturated heterocycles. The summed E-state index contributed by atoms with van der Waals surface area (Å²) in [5.74, 6) is 1.72. The highest BCUT2D eigenvalue weighted by atomic mass is 16.5. The minimum Gasteiger partial charge on any atom is -0.493 e. The molecule has 0 saturated carbocycles. The highest BCUT2D eigenvalue weighted by Gasteiger charge is 2.17. The maximum Gasteiger partial charge on any atom is 0.220 e. The fraction of sp³-hybridized carbons (Fsp3) is 0.562. The van der Waals surface area contributed by atoms with Gasteiger partial charge in [0.1, 0.15) is 0 Å². The van der Waals surface area contributed by atoms with E-state index in [-0.39, 0.29) is 11.9 Å². The second-order valence-electron chi connectivity index (χ2n) is 4.95. The average molecular weight is 310 g/mol. The summed E-state index contributed by atoms with van der Waals surface area (Å²) in [5.41, 5.74) is 0.900. The molecule has 1 aromatic rings. The van der Waals surface area contributed by atoms with E-state index in [1.54, 1.807) is 21.3 Å². The molecule has 0 bridgehead atoms. The van der Waals surface area contributed by atoms with Crippen LogP contribution in [-0.4, -0.2) is 40.8 Å². The van der Waals surface area contributed by atoms with Gasteiger partial charge in [-0.15, -0.1) is 0 Å². The van der Waals surface area contributed by atoms with Crippen LogP contribution in [0.5, 0.6) is 17.2 Å². The third-order valence-electron chi connectivity index (χ3n) is 3.40. The summed E-state index contributed by atoms with van der Waals surface area (Å²) in [5, 5.41) is 6.00. The highest BCUT2D eigenvalue weighted by Crippen LogP contribution is 2.39. The molecule has 1 unspecified atom stereocenters. The fourth-order valence-corrected chi connectivity index (χ4v) is 2.17. The molecule has 0 heterocycles. The molecule has 6 nitrogen and oxygen atoms in total. The van der Waals surface area contributed by atoms with Crippen molar-refractivity contribution in [2.75, 3.05) is 34.9 Å². The predicted octanol–water partition coefficient (Wildman–Crippen LogP) is 1.89. The molecule has 2 N–H and O–H groups in total. The van der Waals surface area contributed by atoms with Crippen molar-refractivity contribution in [3.05, 3.63) is 17.7 Å². The standard InChI is InChI=1S/C16H26N2O4/c1-11(18-15(19)7-6-8-17-2)12-9-13(20-3)16(22-5)14(10-12)21-4/h9-11,17H,6-8H2,1-5H3,(H,18,19). The van der Waals surface area contributed by atoms with Gasteiger partial charge in [0, 0.05) is 6.42 Å². The van der Waals surface area contributed by atoms with E-state index in [0.29, 0.717) is 23.7 Å². The minimum atomic E-state index is -0.143. The van der Waals surface area contributed by atoms with Crippen LogP contribution in [0, 0.1) is 0 Å². The van der Waals surface area contributed by atoms with Gasteiger partial charge in [-0.1, -0.05) is 0 Å². The van der Waals surface area contributed by atoms with Crippen LogP contribution in [0.15, 0.2) is 12.1 Å². The number of rotatable bonds is 9. The molecular weight excluding hydrogens is 284 g/mol. The number of ether oxygens (including phenoxy) is 3. The molecule has 0 aromatic heterocycles. The van der Waals surface area contributed by atoms with Gasteiger partial charge in [-0.3, -0.25) is 4.79 Å². The lowest BCUT2D eigenvalue weighted by atomic mass is 10.1. The van der Waals surface area contributed by atoms with E-state index in [4.69, 9.17) is 14.2 Å². The average Bonchev–Trinajstić information content (AvgIpc) is 2.53. The van der Waals surface area contributed by atoms with Gasteiger partial charge in [0.05, 0.1) is 27.4 Å². The van der Waals surface area contributed by atoms with Crippen molar-refractivity contribution in [3.8, 4) is 17.2 Å². The van der Waals surface area contributed by atoms with E-state index < -0.39 is 0 Å². The Hall–Kier alpha value is -1.95. The summed E-state index contributed by atoms with van der Waals surface area (Å²) >= 11 is 0. The first-order valence-corrected chi connectivity index (χ1v) is 7.31. The lowest BCUT2D eigenvalue weighted by molar-refractivity contribution is -0.121. The summed E-state index contributed by atoms with van der Waals surface area (Å²) in [4.78, 5) is 11.9. The van der Waals surface area contributed by atoms with Crippen LogP contribution >= 0.6 is 0 Å². The molecule has 0 fully saturated rings. The number of hydrogen-bond acceptors (Lipinski definition) is 5. The molecule has 22 heavy (non-hydrogen) atoms. The van der Waals surface area contributed by atoms with Gasteiger partial charge < -0.3 is 24.8 Å². The van der Waals surface area contributed by atoms with Crippen LogP contribution in [0.25, 0.3) is 0 Å². The lowest BCUT2D eigenvalue weighted by Gasteiger charge is -2.18. The summed E-state index contributed by atoms with van der Waals surface area (Å²) < 4.78 is 16.0. The molecular formula is C16H26N2O4. The maximum atomic E-state index is 11.9. The number of amides is 1. The summed E-state index contributed by atoms with van der Waals surface area (Å²) in [6.07, 6.45) is 1.31. The van der Waals surface area contributed by atoms with Crippen LogP contribution in [0.3, 0.4) is 0 Å². The van der Waals surface area contributed by atoms with Crippen molar-refractivity contribution in [1.82, 2.24) is 10.6 Å². The van der Waals surface area contributed by atoms with Gasteiger partial charge in [0.25, 0.3) is 0 Å². The summed E-state index contributed by atoms with van der Waals surface area (Å²) in [6, 6.07) is 3.55. The molecule has 0 aliphatic heterocycles. The molecule has 0 aliphatic carbocycles. The summed E-state index contributed by atoms with van der Waals surface area (Å²) in [7, 11) is 6.58. The van der Waals surface area contributed by atoms with Crippen molar-refractivity contribution >= 4 is 5.91 Å². The zero-order valence-corrected chi connectivity index (χ0v) is 14.0. The Bertz CT molecular complexity index is 466. The minimum absolute atomic E-state index is 0.0245. The first-order valence-electron chi connectivity index (χ1n) is 7.31. The Morgan fingerprint density at radius 3 is 2.18 bits per heavy atom. The Morgan fingerprint density at radius 1 is 1.14 bits per heavy atom. The van der Waals surface area contributed by atoms with Crippen LogP contribution in [0.4, 0.5) is 0 Å². The number of nitrogens with one attached hydrogen (secondary N) is 2. The number of hydrogen-bond donors (Lipinski definition) is 2. The molecule has 1 atom stereocenters.